The minimum atomic E-state index is -0.542. The van der Waals surface area contributed by atoms with Gasteiger partial charge in [-0.25, -0.2) is 4.98 Å². The molecule has 3 rings (SSSR count). The molecule has 148 valence electrons. The van der Waals surface area contributed by atoms with Crippen LogP contribution in [0.3, 0.4) is 0 Å². The lowest BCUT2D eigenvalue weighted by Crippen LogP contribution is -2.51. The molecule has 1 saturated heterocycles. The van der Waals surface area contributed by atoms with E-state index in [2.05, 4.69) is 27.0 Å². The van der Waals surface area contributed by atoms with Crippen LogP contribution in [0, 0.1) is 5.92 Å². The molecule has 1 aromatic rings. The quantitative estimate of drug-likeness (QED) is 0.793. The molecule has 1 aromatic heterocycles. The maximum absolute atomic E-state index is 12.3. The third kappa shape index (κ3) is 5.32. The fraction of sp³-hybridized carbons (Fsp3) is 0.632. The van der Waals surface area contributed by atoms with Crippen molar-refractivity contribution in [2.45, 2.75) is 38.6 Å². The molecule has 2 atom stereocenters. The highest BCUT2D eigenvalue weighted by atomic mass is 35.5. The Labute approximate surface area is 165 Å². The maximum Gasteiger partial charge on any atom is 0.250 e. The fourth-order valence-electron chi connectivity index (χ4n) is 3.96. The van der Waals surface area contributed by atoms with Crippen LogP contribution in [0.1, 0.15) is 43.0 Å². The summed E-state index contributed by atoms with van der Waals surface area (Å²) in [6.45, 7) is 5.69. The van der Waals surface area contributed by atoms with Gasteiger partial charge in [-0.05, 0) is 24.8 Å². The molecule has 0 radical (unpaired) electrons. The third-order valence-electron chi connectivity index (χ3n) is 5.45. The lowest BCUT2D eigenvalue weighted by atomic mass is 9.87. The Morgan fingerprint density at radius 1 is 1.30 bits per heavy atom. The van der Waals surface area contributed by atoms with Gasteiger partial charge in [0.1, 0.15) is 5.82 Å². The zero-order chi connectivity index (χ0) is 19.4. The smallest absolute Gasteiger partial charge is 0.250 e. The van der Waals surface area contributed by atoms with Crippen LogP contribution in [-0.2, 0) is 4.79 Å². The first-order valence-electron chi connectivity index (χ1n) is 9.64. The first-order chi connectivity index (χ1) is 12.9. The average Bonchev–Trinajstić information content (AvgIpc) is 2.62. The number of pyridine rings is 1. The van der Waals surface area contributed by atoms with E-state index in [9.17, 15) is 9.59 Å². The van der Waals surface area contributed by atoms with Gasteiger partial charge in [0, 0.05) is 38.4 Å². The van der Waals surface area contributed by atoms with Crippen LogP contribution in [0.15, 0.2) is 12.3 Å². The van der Waals surface area contributed by atoms with Crippen LogP contribution in [-0.4, -0.2) is 60.5 Å². The molecule has 2 fully saturated rings. The molecular weight excluding hydrogens is 366 g/mol. The van der Waals surface area contributed by atoms with Gasteiger partial charge in [-0.2, -0.15) is 0 Å². The highest BCUT2D eigenvalue weighted by molar-refractivity contribution is 6.33. The van der Waals surface area contributed by atoms with Crippen LogP contribution in [0.25, 0.3) is 0 Å². The van der Waals surface area contributed by atoms with Crippen LogP contribution < -0.4 is 16.0 Å². The molecule has 0 spiro atoms. The van der Waals surface area contributed by atoms with Crippen molar-refractivity contribution in [2.24, 2.45) is 11.7 Å². The zero-order valence-corrected chi connectivity index (χ0v) is 16.5. The number of primary amides is 1. The van der Waals surface area contributed by atoms with Gasteiger partial charge in [-0.15, -0.1) is 0 Å². The number of aromatic nitrogens is 1. The van der Waals surface area contributed by atoms with E-state index >= 15 is 0 Å². The molecule has 1 aliphatic heterocycles. The van der Waals surface area contributed by atoms with E-state index in [4.69, 9.17) is 17.3 Å². The number of piperazine rings is 1. The second-order valence-electron chi connectivity index (χ2n) is 7.69. The Morgan fingerprint density at radius 2 is 2.04 bits per heavy atom. The van der Waals surface area contributed by atoms with Crippen molar-refractivity contribution >= 4 is 29.2 Å². The maximum atomic E-state index is 12.3. The Bertz CT molecular complexity index is 691. The molecule has 0 aromatic carbocycles. The van der Waals surface area contributed by atoms with Gasteiger partial charge < -0.3 is 16.0 Å². The number of nitrogens with zero attached hydrogens (tertiary/aromatic N) is 3. The minimum Gasteiger partial charge on any atom is -0.366 e. The molecule has 8 heteroatoms. The van der Waals surface area contributed by atoms with E-state index in [0.29, 0.717) is 34.9 Å². The van der Waals surface area contributed by atoms with Gasteiger partial charge in [0.25, 0.3) is 0 Å². The summed E-state index contributed by atoms with van der Waals surface area (Å²) >= 11 is 6.26. The molecular formula is C19H28ClN5O2. The summed E-state index contributed by atoms with van der Waals surface area (Å²) in [6, 6.07) is 1.88. The van der Waals surface area contributed by atoms with Gasteiger partial charge in [0.05, 0.1) is 17.1 Å². The number of anilines is 1. The topological polar surface area (TPSA) is 91.6 Å². The summed E-state index contributed by atoms with van der Waals surface area (Å²) in [5, 5.41) is 3.61. The van der Waals surface area contributed by atoms with Crippen molar-refractivity contribution in [1.82, 2.24) is 15.2 Å². The van der Waals surface area contributed by atoms with E-state index in [-0.39, 0.29) is 5.91 Å². The summed E-state index contributed by atoms with van der Waals surface area (Å²) in [5.41, 5.74) is 5.56. The summed E-state index contributed by atoms with van der Waals surface area (Å²) in [6.07, 6.45) is 6.10. The van der Waals surface area contributed by atoms with Crippen molar-refractivity contribution in [3.8, 4) is 0 Å². The Kier molecular flexibility index (Phi) is 6.55. The predicted molar refractivity (Wildman–Crippen MR) is 106 cm³/mol. The predicted octanol–water partition coefficient (Wildman–Crippen LogP) is 1.65. The highest BCUT2D eigenvalue weighted by Gasteiger charge is 2.24. The minimum absolute atomic E-state index is 0.115. The molecule has 0 bridgehead atoms. The van der Waals surface area contributed by atoms with Crippen LogP contribution >= 0.6 is 11.6 Å². The molecule has 1 aliphatic carbocycles. The molecule has 2 amide bonds. The van der Waals surface area contributed by atoms with Crippen molar-refractivity contribution in [2.75, 3.05) is 37.6 Å². The Hall–Kier alpha value is -1.86. The lowest BCUT2D eigenvalue weighted by molar-refractivity contribution is -0.123. The van der Waals surface area contributed by atoms with Crippen molar-refractivity contribution in [1.29, 1.82) is 0 Å². The number of nitrogens with two attached hydrogens (primary N) is 1. The monoisotopic (exact) mass is 393 g/mol. The number of amides is 2. The third-order valence-corrected chi connectivity index (χ3v) is 5.72. The van der Waals surface area contributed by atoms with E-state index in [0.717, 1.165) is 39.0 Å². The van der Waals surface area contributed by atoms with E-state index in [1.165, 1.54) is 19.0 Å². The van der Waals surface area contributed by atoms with Gasteiger partial charge in [-0.1, -0.05) is 31.4 Å². The SMILES string of the molecule is CC1CCCC(NC(=O)CN2CCN(c3ncc(C(N)=O)cc3Cl)CC2)C1. The second kappa shape index (κ2) is 8.89. The molecule has 2 unspecified atom stereocenters. The number of halogens is 1. The number of nitrogens with one attached hydrogen (secondary N) is 1. The van der Waals surface area contributed by atoms with Gasteiger partial charge in [0.15, 0.2) is 0 Å². The largest absolute Gasteiger partial charge is 0.366 e. The fourth-order valence-corrected chi connectivity index (χ4v) is 4.24. The van der Waals surface area contributed by atoms with Crippen LogP contribution in [0.4, 0.5) is 5.82 Å². The number of carbonyl (C=O) groups excluding carboxylic acids is 2. The lowest BCUT2D eigenvalue weighted by Gasteiger charge is -2.36. The number of rotatable bonds is 5. The van der Waals surface area contributed by atoms with Crippen LogP contribution in [0.5, 0.6) is 0 Å². The summed E-state index contributed by atoms with van der Waals surface area (Å²) in [7, 11) is 0. The second-order valence-corrected chi connectivity index (χ2v) is 8.10. The standard InChI is InChI=1S/C19H28ClN5O2/c1-13-3-2-4-15(9-13)23-17(26)12-24-5-7-25(8-6-24)19-16(20)10-14(11-22-19)18(21)27/h10-11,13,15H,2-9,12H2,1H3,(H2,21,27)(H,23,26). The average molecular weight is 394 g/mol. The molecule has 2 aliphatic rings. The number of hydrogen-bond donors (Lipinski definition) is 2. The molecule has 27 heavy (non-hydrogen) atoms. The van der Waals surface area contributed by atoms with Gasteiger partial charge in [0.2, 0.25) is 11.8 Å². The van der Waals surface area contributed by atoms with Gasteiger partial charge in [-0.3, -0.25) is 14.5 Å². The molecule has 7 nitrogen and oxygen atoms in total. The van der Waals surface area contributed by atoms with E-state index in [1.54, 1.807) is 6.07 Å². The number of hydrogen-bond acceptors (Lipinski definition) is 5. The van der Waals surface area contributed by atoms with Crippen molar-refractivity contribution in [3.05, 3.63) is 22.8 Å². The van der Waals surface area contributed by atoms with Gasteiger partial charge >= 0.3 is 0 Å². The summed E-state index contributed by atoms with van der Waals surface area (Å²) in [4.78, 5) is 32.1. The van der Waals surface area contributed by atoms with E-state index in [1.807, 2.05) is 0 Å². The first-order valence-corrected chi connectivity index (χ1v) is 10.0. The summed E-state index contributed by atoms with van der Waals surface area (Å²) in [5.74, 6) is 0.927. The van der Waals surface area contributed by atoms with Crippen LogP contribution in [0.2, 0.25) is 5.02 Å². The van der Waals surface area contributed by atoms with Crippen molar-refractivity contribution < 1.29 is 9.59 Å². The molecule has 3 N–H and O–H groups in total. The normalized spacial score (nSPS) is 23.9. The first kappa shape index (κ1) is 19.9. The summed E-state index contributed by atoms with van der Waals surface area (Å²) < 4.78 is 0. The van der Waals surface area contributed by atoms with Crippen molar-refractivity contribution in [3.63, 3.8) is 0 Å². The molecule has 2 heterocycles. The zero-order valence-electron chi connectivity index (χ0n) is 15.8. The molecule has 1 saturated carbocycles. The van der Waals surface area contributed by atoms with E-state index < -0.39 is 5.91 Å². The highest BCUT2D eigenvalue weighted by Crippen LogP contribution is 2.25. The number of carbonyl (C=O) groups is 2. The Balaban J connectivity index is 1.47. The Morgan fingerprint density at radius 3 is 2.67 bits per heavy atom.